The fourth-order valence-electron chi connectivity index (χ4n) is 1.09. The molecule has 7 heteroatoms. The lowest BCUT2D eigenvalue weighted by Crippen LogP contribution is -2.43. The van der Waals surface area contributed by atoms with E-state index in [0.29, 0.717) is 0 Å². The molecule has 1 aromatic rings. The predicted molar refractivity (Wildman–Crippen MR) is 58.7 cm³/mol. The molecule has 0 aliphatic rings. The van der Waals surface area contributed by atoms with Gasteiger partial charge in [0, 0.05) is 7.05 Å². The van der Waals surface area contributed by atoms with E-state index >= 15 is 0 Å². The summed E-state index contributed by atoms with van der Waals surface area (Å²) in [5.41, 5.74) is 5.63. The zero-order valence-corrected chi connectivity index (χ0v) is 9.60. The van der Waals surface area contributed by atoms with Gasteiger partial charge in [0.15, 0.2) is 5.84 Å². The molecule has 1 amide bonds. The van der Waals surface area contributed by atoms with Crippen molar-refractivity contribution in [3.05, 3.63) is 23.1 Å². The van der Waals surface area contributed by atoms with Crippen LogP contribution in [-0.2, 0) is 0 Å². The van der Waals surface area contributed by atoms with E-state index in [0.717, 1.165) is 0 Å². The number of halogens is 1. The molecule has 88 valence electrons. The summed E-state index contributed by atoms with van der Waals surface area (Å²) in [5, 5.41) is 11.4. The second-order valence-corrected chi connectivity index (χ2v) is 3.57. The highest BCUT2D eigenvalue weighted by Gasteiger charge is 2.23. The van der Waals surface area contributed by atoms with Gasteiger partial charge in [-0.15, -0.1) is 0 Å². The normalized spacial score (nSPS) is 13.6. The van der Waals surface area contributed by atoms with Crippen LogP contribution in [0.5, 0.6) is 0 Å². The number of amidine groups is 1. The molecule has 0 aliphatic heterocycles. The Bertz CT molecular complexity index is 416. The molecule has 1 heterocycles. The molecule has 1 atom stereocenters. The first-order chi connectivity index (χ1) is 7.49. The average Bonchev–Trinajstić information content (AvgIpc) is 2.71. The molecule has 0 fully saturated rings. The van der Waals surface area contributed by atoms with Gasteiger partial charge in [-0.05, 0) is 24.6 Å². The van der Waals surface area contributed by atoms with Crippen LogP contribution in [0.15, 0.2) is 21.9 Å². The zero-order valence-electron chi connectivity index (χ0n) is 8.85. The van der Waals surface area contributed by atoms with Crippen molar-refractivity contribution in [2.45, 2.75) is 13.0 Å². The molecule has 0 spiro atoms. The maximum Gasteiger partial charge on any atom is 0.259 e. The quantitative estimate of drug-likeness (QED) is 0.362. The van der Waals surface area contributed by atoms with E-state index < -0.39 is 6.04 Å². The molecule has 0 aliphatic carbocycles. The standard InChI is InChI=1S/C9H12ClN3O3/c1-5(8(11)12-15)13(2)9(14)6-3-4-16-7(6)10/h3-5,15H,1-2H3,(H2,11,12). The molecule has 1 aromatic heterocycles. The van der Waals surface area contributed by atoms with E-state index in [9.17, 15) is 4.79 Å². The largest absolute Gasteiger partial charge is 0.452 e. The first-order valence-corrected chi connectivity index (χ1v) is 4.84. The Kier molecular flexibility index (Phi) is 3.78. The molecule has 0 saturated carbocycles. The minimum Gasteiger partial charge on any atom is -0.452 e. The Morgan fingerprint density at radius 3 is 2.81 bits per heavy atom. The SMILES string of the molecule is CC(/C(N)=N/O)N(C)C(=O)c1ccoc1Cl. The molecule has 16 heavy (non-hydrogen) atoms. The van der Waals surface area contributed by atoms with E-state index in [1.807, 2.05) is 0 Å². The average molecular weight is 246 g/mol. The number of rotatable bonds is 3. The van der Waals surface area contributed by atoms with Crippen molar-refractivity contribution in [1.82, 2.24) is 4.90 Å². The number of hydrogen-bond acceptors (Lipinski definition) is 4. The number of carbonyl (C=O) groups is 1. The van der Waals surface area contributed by atoms with Gasteiger partial charge in [0.25, 0.3) is 5.91 Å². The maximum absolute atomic E-state index is 11.9. The van der Waals surface area contributed by atoms with E-state index in [-0.39, 0.29) is 22.5 Å². The molecule has 1 rings (SSSR count). The van der Waals surface area contributed by atoms with Crippen LogP contribution < -0.4 is 5.73 Å². The third-order valence-corrected chi connectivity index (χ3v) is 2.59. The number of oxime groups is 1. The van der Waals surface area contributed by atoms with Crippen molar-refractivity contribution < 1.29 is 14.4 Å². The third kappa shape index (κ3) is 2.27. The Labute approximate surface area is 97.3 Å². The number of amides is 1. The summed E-state index contributed by atoms with van der Waals surface area (Å²) in [5.74, 6) is -0.423. The number of nitrogens with zero attached hydrogens (tertiary/aromatic N) is 2. The maximum atomic E-state index is 11.9. The van der Waals surface area contributed by atoms with Gasteiger partial charge >= 0.3 is 0 Å². The summed E-state index contributed by atoms with van der Waals surface area (Å²) in [6, 6.07) is 0.920. The Balaban J connectivity index is 2.87. The van der Waals surface area contributed by atoms with E-state index in [4.69, 9.17) is 27.0 Å². The number of likely N-dealkylation sites (N-methyl/N-ethyl adjacent to an activating group) is 1. The lowest BCUT2D eigenvalue weighted by molar-refractivity contribution is 0.0776. The first-order valence-electron chi connectivity index (χ1n) is 4.46. The van der Waals surface area contributed by atoms with Gasteiger partial charge in [0.05, 0.1) is 17.9 Å². The van der Waals surface area contributed by atoms with Crippen LogP contribution in [0.2, 0.25) is 5.22 Å². The van der Waals surface area contributed by atoms with Gasteiger partial charge in [0.2, 0.25) is 5.22 Å². The molecular formula is C9H12ClN3O3. The Hall–Kier alpha value is -1.69. The topological polar surface area (TPSA) is 92.1 Å². The van der Waals surface area contributed by atoms with Crippen LogP contribution in [0.1, 0.15) is 17.3 Å². The van der Waals surface area contributed by atoms with Crippen molar-refractivity contribution in [3.8, 4) is 0 Å². The summed E-state index contributed by atoms with van der Waals surface area (Å²) in [6.45, 7) is 1.63. The van der Waals surface area contributed by atoms with Crippen LogP contribution in [0.25, 0.3) is 0 Å². The smallest absolute Gasteiger partial charge is 0.259 e. The Morgan fingerprint density at radius 1 is 1.75 bits per heavy atom. The molecule has 1 unspecified atom stereocenters. The molecule has 6 nitrogen and oxygen atoms in total. The molecular weight excluding hydrogens is 234 g/mol. The van der Waals surface area contributed by atoms with Crippen molar-refractivity contribution in [1.29, 1.82) is 0 Å². The van der Waals surface area contributed by atoms with E-state index in [1.165, 1.54) is 24.3 Å². The lowest BCUT2D eigenvalue weighted by atomic mass is 10.2. The van der Waals surface area contributed by atoms with Crippen molar-refractivity contribution >= 4 is 23.3 Å². The second kappa shape index (κ2) is 4.89. The molecule has 3 N–H and O–H groups in total. The van der Waals surface area contributed by atoms with E-state index in [1.54, 1.807) is 6.92 Å². The van der Waals surface area contributed by atoms with E-state index in [2.05, 4.69) is 5.16 Å². The first kappa shape index (κ1) is 12.4. The number of furan rings is 1. The number of nitrogens with two attached hydrogens (primary N) is 1. The van der Waals surface area contributed by atoms with Gasteiger partial charge in [-0.1, -0.05) is 5.16 Å². The Morgan fingerprint density at radius 2 is 2.38 bits per heavy atom. The zero-order chi connectivity index (χ0) is 12.3. The third-order valence-electron chi connectivity index (χ3n) is 2.29. The fourth-order valence-corrected chi connectivity index (χ4v) is 1.29. The van der Waals surface area contributed by atoms with Gasteiger partial charge in [-0.3, -0.25) is 4.79 Å². The lowest BCUT2D eigenvalue weighted by Gasteiger charge is -2.23. The van der Waals surface area contributed by atoms with Crippen LogP contribution in [0.4, 0.5) is 0 Å². The fraction of sp³-hybridized carbons (Fsp3) is 0.333. The highest BCUT2D eigenvalue weighted by atomic mass is 35.5. The van der Waals surface area contributed by atoms with Crippen LogP contribution >= 0.6 is 11.6 Å². The summed E-state index contributed by atoms with van der Waals surface area (Å²) < 4.78 is 4.81. The highest BCUT2D eigenvalue weighted by Crippen LogP contribution is 2.18. The number of carbonyl (C=O) groups excluding carboxylic acids is 1. The van der Waals surface area contributed by atoms with Gasteiger partial charge in [0.1, 0.15) is 0 Å². The highest BCUT2D eigenvalue weighted by molar-refractivity contribution is 6.32. The summed E-state index contributed by atoms with van der Waals surface area (Å²) in [4.78, 5) is 13.2. The van der Waals surface area contributed by atoms with Gasteiger partial charge in [-0.25, -0.2) is 0 Å². The van der Waals surface area contributed by atoms with Crippen LogP contribution in [0.3, 0.4) is 0 Å². The molecule has 0 aromatic carbocycles. The van der Waals surface area contributed by atoms with Gasteiger partial charge < -0.3 is 20.3 Å². The van der Waals surface area contributed by atoms with Crippen molar-refractivity contribution in [2.24, 2.45) is 10.9 Å². The summed E-state index contributed by atoms with van der Waals surface area (Å²) in [7, 11) is 1.52. The predicted octanol–water partition coefficient (Wildman–Crippen LogP) is 1.14. The molecule has 0 saturated heterocycles. The van der Waals surface area contributed by atoms with Crippen molar-refractivity contribution in [2.75, 3.05) is 7.05 Å². The molecule has 0 radical (unpaired) electrons. The second-order valence-electron chi connectivity index (χ2n) is 3.22. The van der Waals surface area contributed by atoms with Crippen LogP contribution in [-0.4, -0.2) is 34.9 Å². The summed E-state index contributed by atoms with van der Waals surface area (Å²) in [6.07, 6.45) is 1.32. The molecule has 0 bridgehead atoms. The minimum absolute atomic E-state index is 0.0172. The number of hydrogen-bond donors (Lipinski definition) is 2. The van der Waals surface area contributed by atoms with Gasteiger partial charge in [-0.2, -0.15) is 0 Å². The monoisotopic (exact) mass is 245 g/mol. The summed E-state index contributed by atoms with van der Waals surface area (Å²) >= 11 is 5.67. The van der Waals surface area contributed by atoms with Crippen LogP contribution in [0, 0.1) is 0 Å². The van der Waals surface area contributed by atoms with Crippen molar-refractivity contribution in [3.63, 3.8) is 0 Å². The minimum atomic E-state index is -0.538.